The average Bonchev–Trinajstić information content (AvgIpc) is 2.39. The van der Waals surface area contributed by atoms with Crippen LogP contribution in [0.1, 0.15) is 31.8 Å². The van der Waals surface area contributed by atoms with E-state index in [1.165, 1.54) is 0 Å². The van der Waals surface area contributed by atoms with Gasteiger partial charge in [-0.1, -0.05) is 35.9 Å². The van der Waals surface area contributed by atoms with Crippen molar-refractivity contribution in [2.45, 2.75) is 13.8 Å². The van der Waals surface area contributed by atoms with E-state index in [4.69, 9.17) is 11.5 Å². The van der Waals surface area contributed by atoms with Crippen molar-refractivity contribution in [3.8, 4) is 0 Å². The van der Waals surface area contributed by atoms with E-state index in [1.54, 1.807) is 24.3 Å². The molecule has 0 saturated heterocycles. The Morgan fingerprint density at radius 2 is 1.50 bits per heavy atom. The molecule has 0 atom stereocenters. The van der Waals surface area contributed by atoms with Crippen LogP contribution in [-0.4, -0.2) is 11.8 Å². The first-order valence-electron chi connectivity index (χ1n) is 6.13. The summed E-state index contributed by atoms with van der Waals surface area (Å²) in [7, 11) is 0. The zero-order chi connectivity index (χ0) is 15.1. The van der Waals surface area contributed by atoms with Gasteiger partial charge in [0.2, 0.25) is 11.8 Å². The molecule has 0 saturated carbocycles. The molecule has 2 aromatic rings. The molecule has 0 bridgehead atoms. The van der Waals surface area contributed by atoms with E-state index in [1.807, 2.05) is 38.1 Å². The smallest absolute Gasteiger partial charge is 0.248 e. The van der Waals surface area contributed by atoms with Gasteiger partial charge in [0.05, 0.1) is 0 Å². The molecule has 4 N–H and O–H groups in total. The molecule has 104 valence electrons. The van der Waals surface area contributed by atoms with Crippen LogP contribution in [0.15, 0.2) is 48.5 Å². The minimum atomic E-state index is -0.372. The highest BCUT2D eigenvalue weighted by Crippen LogP contribution is 2.04. The molecule has 20 heavy (non-hydrogen) atoms. The van der Waals surface area contributed by atoms with Gasteiger partial charge in [0.15, 0.2) is 0 Å². The van der Waals surface area contributed by atoms with Gasteiger partial charge < -0.3 is 11.5 Å². The Morgan fingerprint density at radius 3 is 1.90 bits per heavy atom. The highest BCUT2D eigenvalue weighted by Gasteiger charge is 2.00. The summed E-state index contributed by atoms with van der Waals surface area (Å²) in [6.45, 7) is 3.78. The van der Waals surface area contributed by atoms with Gasteiger partial charge in [-0.3, -0.25) is 9.59 Å². The molecule has 0 fully saturated rings. The maximum Gasteiger partial charge on any atom is 0.248 e. The molecule has 0 aliphatic heterocycles. The highest BCUT2D eigenvalue weighted by atomic mass is 16.1. The maximum absolute atomic E-state index is 10.6. The van der Waals surface area contributed by atoms with Crippen LogP contribution in [0.3, 0.4) is 0 Å². The normalized spacial score (nSPS) is 9.30. The number of aryl methyl sites for hydroxylation is 2. The van der Waals surface area contributed by atoms with Crippen molar-refractivity contribution in [3.63, 3.8) is 0 Å². The molecule has 4 nitrogen and oxygen atoms in total. The lowest BCUT2D eigenvalue weighted by Gasteiger charge is -1.97. The molecule has 4 heteroatoms. The molecular formula is C16H18N2O2. The lowest BCUT2D eigenvalue weighted by molar-refractivity contribution is 0.0991. The lowest BCUT2D eigenvalue weighted by atomic mass is 10.1. The predicted octanol–water partition coefficient (Wildman–Crippen LogP) is 2.19. The summed E-state index contributed by atoms with van der Waals surface area (Å²) in [6.07, 6.45) is 0. The maximum atomic E-state index is 10.6. The van der Waals surface area contributed by atoms with Crippen LogP contribution in [0.2, 0.25) is 0 Å². The number of hydrogen-bond donors (Lipinski definition) is 2. The third-order valence-corrected chi connectivity index (χ3v) is 2.71. The van der Waals surface area contributed by atoms with Crippen molar-refractivity contribution in [3.05, 3.63) is 70.8 Å². The Bertz CT molecular complexity index is 621. The van der Waals surface area contributed by atoms with Crippen molar-refractivity contribution in [2.75, 3.05) is 0 Å². The van der Waals surface area contributed by atoms with E-state index in [2.05, 4.69) is 0 Å². The van der Waals surface area contributed by atoms with E-state index in [0.717, 1.165) is 11.1 Å². The van der Waals surface area contributed by atoms with Crippen LogP contribution < -0.4 is 11.5 Å². The van der Waals surface area contributed by atoms with Gasteiger partial charge in [-0.15, -0.1) is 0 Å². The number of carbonyl (C=O) groups is 2. The second kappa shape index (κ2) is 7.09. The van der Waals surface area contributed by atoms with E-state index < -0.39 is 0 Å². The minimum absolute atomic E-state index is 0.363. The Morgan fingerprint density at radius 1 is 0.850 bits per heavy atom. The number of hydrogen-bond acceptors (Lipinski definition) is 2. The number of carbonyl (C=O) groups excluding carboxylic acids is 2. The van der Waals surface area contributed by atoms with Crippen LogP contribution in [-0.2, 0) is 0 Å². The summed E-state index contributed by atoms with van der Waals surface area (Å²) in [5.41, 5.74) is 13.3. The van der Waals surface area contributed by atoms with Crippen molar-refractivity contribution in [1.29, 1.82) is 0 Å². The molecular weight excluding hydrogens is 252 g/mol. The monoisotopic (exact) mass is 270 g/mol. The first-order valence-corrected chi connectivity index (χ1v) is 6.13. The number of rotatable bonds is 2. The van der Waals surface area contributed by atoms with E-state index in [0.29, 0.717) is 11.1 Å². The molecule has 0 radical (unpaired) electrons. The van der Waals surface area contributed by atoms with E-state index in [9.17, 15) is 9.59 Å². The Balaban J connectivity index is 0.000000200. The largest absolute Gasteiger partial charge is 0.366 e. The zero-order valence-corrected chi connectivity index (χ0v) is 11.6. The van der Waals surface area contributed by atoms with Crippen LogP contribution in [0.25, 0.3) is 0 Å². The summed E-state index contributed by atoms with van der Waals surface area (Å²) in [5, 5.41) is 0. The van der Waals surface area contributed by atoms with E-state index >= 15 is 0 Å². The van der Waals surface area contributed by atoms with Crippen molar-refractivity contribution < 1.29 is 9.59 Å². The minimum Gasteiger partial charge on any atom is -0.366 e. The molecule has 0 aliphatic rings. The molecule has 0 aromatic heterocycles. The fourth-order valence-corrected chi connectivity index (χ4v) is 1.65. The first-order chi connectivity index (χ1) is 9.41. The lowest BCUT2D eigenvalue weighted by Crippen LogP contribution is -2.12. The number of benzene rings is 2. The fraction of sp³-hybridized carbons (Fsp3) is 0.125. The topological polar surface area (TPSA) is 86.2 Å². The van der Waals surface area contributed by atoms with E-state index in [-0.39, 0.29) is 11.8 Å². The summed E-state index contributed by atoms with van der Waals surface area (Å²) in [6, 6.07) is 14.5. The summed E-state index contributed by atoms with van der Waals surface area (Å²) < 4.78 is 0. The Kier molecular flexibility index (Phi) is 5.47. The van der Waals surface area contributed by atoms with Crippen LogP contribution >= 0.6 is 0 Å². The van der Waals surface area contributed by atoms with Gasteiger partial charge in [-0.25, -0.2) is 0 Å². The third-order valence-electron chi connectivity index (χ3n) is 2.71. The van der Waals surface area contributed by atoms with Crippen molar-refractivity contribution in [2.24, 2.45) is 11.5 Å². The van der Waals surface area contributed by atoms with Gasteiger partial charge in [0.25, 0.3) is 0 Å². The number of amides is 2. The summed E-state index contributed by atoms with van der Waals surface area (Å²) >= 11 is 0. The molecule has 2 aromatic carbocycles. The molecule has 0 unspecified atom stereocenters. The second-order valence-electron chi connectivity index (χ2n) is 4.41. The highest BCUT2D eigenvalue weighted by molar-refractivity contribution is 5.94. The fourth-order valence-electron chi connectivity index (χ4n) is 1.65. The van der Waals surface area contributed by atoms with Crippen LogP contribution in [0.4, 0.5) is 0 Å². The van der Waals surface area contributed by atoms with Gasteiger partial charge in [-0.2, -0.15) is 0 Å². The standard InChI is InChI=1S/2C8H9NO/c1-6-3-2-4-7(5-6)8(9)10;1-6-4-2-3-5-7(6)8(9)10/h2*2-5H,1H3,(H2,9,10). The number of primary amides is 2. The zero-order valence-electron chi connectivity index (χ0n) is 11.6. The molecule has 0 heterocycles. The summed E-state index contributed by atoms with van der Waals surface area (Å²) in [5.74, 6) is -0.734. The molecule has 0 aliphatic carbocycles. The van der Waals surface area contributed by atoms with Gasteiger partial charge in [0.1, 0.15) is 0 Å². The van der Waals surface area contributed by atoms with Gasteiger partial charge >= 0.3 is 0 Å². The quantitative estimate of drug-likeness (QED) is 0.876. The Labute approximate surface area is 118 Å². The van der Waals surface area contributed by atoms with Crippen molar-refractivity contribution >= 4 is 11.8 Å². The van der Waals surface area contributed by atoms with Crippen LogP contribution in [0, 0.1) is 13.8 Å². The Hall–Kier alpha value is -2.62. The summed E-state index contributed by atoms with van der Waals surface area (Å²) in [4.78, 5) is 21.2. The van der Waals surface area contributed by atoms with Crippen molar-refractivity contribution in [1.82, 2.24) is 0 Å². The molecule has 0 spiro atoms. The predicted molar refractivity (Wildman–Crippen MR) is 79.4 cm³/mol. The van der Waals surface area contributed by atoms with Crippen LogP contribution in [0.5, 0.6) is 0 Å². The molecule has 2 amide bonds. The average molecular weight is 270 g/mol. The van der Waals surface area contributed by atoms with Gasteiger partial charge in [0, 0.05) is 11.1 Å². The van der Waals surface area contributed by atoms with Gasteiger partial charge in [-0.05, 0) is 37.6 Å². The second-order valence-corrected chi connectivity index (χ2v) is 4.41. The third kappa shape index (κ3) is 4.57. The molecule has 2 rings (SSSR count). The SMILES string of the molecule is Cc1cccc(C(N)=O)c1.Cc1ccccc1C(N)=O. The first kappa shape index (κ1) is 15.4. The number of nitrogens with two attached hydrogens (primary N) is 2.